The first-order valence-electron chi connectivity index (χ1n) is 6.40. The van der Waals surface area contributed by atoms with E-state index in [2.05, 4.69) is 45.1 Å². The lowest BCUT2D eigenvalue weighted by Crippen LogP contribution is -2.26. The first kappa shape index (κ1) is 14.5. The van der Waals surface area contributed by atoms with E-state index in [1.807, 2.05) is 0 Å². The summed E-state index contributed by atoms with van der Waals surface area (Å²) in [5.74, 6) is 0.759. The third-order valence-corrected chi connectivity index (χ3v) is 3.51. The molecule has 0 amide bonds. The minimum Gasteiger partial charge on any atom is -0.310 e. The van der Waals surface area contributed by atoms with E-state index in [9.17, 15) is 0 Å². The third kappa shape index (κ3) is 4.69. The van der Waals surface area contributed by atoms with E-state index in [1.165, 1.54) is 22.3 Å². The second-order valence-corrected chi connectivity index (χ2v) is 5.37. The number of aryl methyl sites for hydroxylation is 3. The molecular formula is C15H24ClN. The standard InChI is InChI=1S/C15H24ClN/c1-11-8-12(2)15(13(3)9-11)10-17-14(4)6-5-7-16/h8-9,14,17H,5-7,10H2,1-4H3. The molecule has 0 radical (unpaired) electrons. The van der Waals surface area contributed by atoms with Crippen LogP contribution in [-0.4, -0.2) is 11.9 Å². The van der Waals surface area contributed by atoms with Gasteiger partial charge in [0.05, 0.1) is 0 Å². The van der Waals surface area contributed by atoms with E-state index >= 15 is 0 Å². The van der Waals surface area contributed by atoms with Gasteiger partial charge >= 0.3 is 0 Å². The fourth-order valence-electron chi connectivity index (χ4n) is 2.25. The van der Waals surface area contributed by atoms with E-state index in [0.717, 1.165) is 25.3 Å². The van der Waals surface area contributed by atoms with Crippen LogP contribution in [0.1, 0.15) is 42.0 Å². The van der Waals surface area contributed by atoms with Crippen molar-refractivity contribution in [3.8, 4) is 0 Å². The summed E-state index contributed by atoms with van der Waals surface area (Å²) in [4.78, 5) is 0. The molecule has 0 bridgehead atoms. The zero-order valence-electron chi connectivity index (χ0n) is 11.4. The molecule has 2 heteroatoms. The number of hydrogen-bond acceptors (Lipinski definition) is 1. The molecule has 1 nitrogen and oxygen atoms in total. The van der Waals surface area contributed by atoms with Crippen LogP contribution < -0.4 is 5.32 Å². The topological polar surface area (TPSA) is 12.0 Å². The SMILES string of the molecule is Cc1cc(C)c(CNC(C)CCCCl)c(C)c1. The van der Waals surface area contributed by atoms with Crippen LogP contribution in [0.15, 0.2) is 12.1 Å². The van der Waals surface area contributed by atoms with Gasteiger partial charge < -0.3 is 5.32 Å². The van der Waals surface area contributed by atoms with Crippen molar-refractivity contribution in [2.75, 3.05) is 5.88 Å². The fourth-order valence-corrected chi connectivity index (χ4v) is 2.40. The maximum Gasteiger partial charge on any atom is 0.0224 e. The highest BCUT2D eigenvalue weighted by molar-refractivity contribution is 6.17. The minimum absolute atomic E-state index is 0.536. The number of halogens is 1. The van der Waals surface area contributed by atoms with Gasteiger partial charge in [0.1, 0.15) is 0 Å². The summed E-state index contributed by atoms with van der Waals surface area (Å²) in [5.41, 5.74) is 5.56. The zero-order valence-corrected chi connectivity index (χ0v) is 12.2. The molecule has 1 atom stereocenters. The van der Waals surface area contributed by atoms with Crippen molar-refractivity contribution < 1.29 is 0 Å². The van der Waals surface area contributed by atoms with Gasteiger partial charge in [0, 0.05) is 18.5 Å². The highest BCUT2D eigenvalue weighted by atomic mass is 35.5. The summed E-state index contributed by atoms with van der Waals surface area (Å²) in [5, 5.41) is 3.58. The lowest BCUT2D eigenvalue weighted by molar-refractivity contribution is 0.508. The lowest BCUT2D eigenvalue weighted by atomic mass is 9.99. The van der Waals surface area contributed by atoms with Crippen molar-refractivity contribution in [2.45, 2.75) is 53.1 Å². The summed E-state index contributed by atoms with van der Waals surface area (Å²) in [7, 11) is 0. The molecule has 96 valence electrons. The molecule has 1 aromatic carbocycles. The Balaban J connectivity index is 2.57. The Morgan fingerprint density at radius 1 is 1.18 bits per heavy atom. The van der Waals surface area contributed by atoms with Crippen molar-refractivity contribution in [3.05, 3.63) is 34.4 Å². The van der Waals surface area contributed by atoms with Gasteiger partial charge in [-0.1, -0.05) is 17.7 Å². The van der Waals surface area contributed by atoms with E-state index in [1.54, 1.807) is 0 Å². The van der Waals surface area contributed by atoms with Gasteiger partial charge in [0.2, 0.25) is 0 Å². The van der Waals surface area contributed by atoms with Crippen molar-refractivity contribution in [1.29, 1.82) is 0 Å². The first-order valence-corrected chi connectivity index (χ1v) is 6.94. The highest BCUT2D eigenvalue weighted by Crippen LogP contribution is 2.16. The van der Waals surface area contributed by atoms with Gasteiger partial charge in [-0.05, 0) is 57.2 Å². The normalized spacial score (nSPS) is 12.8. The van der Waals surface area contributed by atoms with Gasteiger partial charge in [0.25, 0.3) is 0 Å². The van der Waals surface area contributed by atoms with E-state index in [4.69, 9.17) is 11.6 Å². The van der Waals surface area contributed by atoms with Crippen molar-refractivity contribution in [1.82, 2.24) is 5.32 Å². The third-order valence-electron chi connectivity index (χ3n) is 3.24. The molecule has 0 aliphatic rings. The van der Waals surface area contributed by atoms with Crippen molar-refractivity contribution in [2.24, 2.45) is 0 Å². The Morgan fingerprint density at radius 3 is 2.29 bits per heavy atom. The summed E-state index contributed by atoms with van der Waals surface area (Å²) in [6, 6.07) is 5.05. The van der Waals surface area contributed by atoms with Gasteiger partial charge in [-0.2, -0.15) is 0 Å². The molecule has 0 heterocycles. The summed E-state index contributed by atoms with van der Waals surface area (Å²) < 4.78 is 0. The summed E-state index contributed by atoms with van der Waals surface area (Å²) >= 11 is 5.70. The monoisotopic (exact) mass is 253 g/mol. The number of alkyl halides is 1. The second kappa shape index (κ2) is 7.03. The van der Waals surface area contributed by atoms with Gasteiger partial charge in [-0.3, -0.25) is 0 Å². The zero-order chi connectivity index (χ0) is 12.8. The van der Waals surface area contributed by atoms with Crippen LogP contribution in [-0.2, 0) is 6.54 Å². The Morgan fingerprint density at radius 2 is 1.76 bits per heavy atom. The van der Waals surface area contributed by atoms with Crippen LogP contribution in [0.25, 0.3) is 0 Å². The van der Waals surface area contributed by atoms with E-state index < -0.39 is 0 Å². The summed E-state index contributed by atoms with van der Waals surface area (Å²) in [6.07, 6.45) is 2.23. The van der Waals surface area contributed by atoms with Crippen LogP contribution in [0.5, 0.6) is 0 Å². The van der Waals surface area contributed by atoms with E-state index in [0.29, 0.717) is 6.04 Å². The van der Waals surface area contributed by atoms with Gasteiger partial charge in [-0.25, -0.2) is 0 Å². The number of benzene rings is 1. The van der Waals surface area contributed by atoms with Gasteiger partial charge in [0.15, 0.2) is 0 Å². The molecule has 1 unspecified atom stereocenters. The molecular weight excluding hydrogens is 230 g/mol. The molecule has 1 N–H and O–H groups in total. The molecule has 0 fully saturated rings. The number of rotatable bonds is 6. The van der Waals surface area contributed by atoms with Crippen LogP contribution in [0.3, 0.4) is 0 Å². The Hall–Kier alpha value is -0.530. The molecule has 0 saturated carbocycles. The van der Waals surface area contributed by atoms with Crippen molar-refractivity contribution >= 4 is 11.6 Å². The minimum atomic E-state index is 0.536. The van der Waals surface area contributed by atoms with E-state index in [-0.39, 0.29) is 0 Å². The molecule has 17 heavy (non-hydrogen) atoms. The largest absolute Gasteiger partial charge is 0.310 e. The molecule has 0 saturated heterocycles. The van der Waals surface area contributed by atoms with Crippen LogP contribution >= 0.6 is 11.6 Å². The molecule has 0 aromatic heterocycles. The maximum atomic E-state index is 5.70. The fraction of sp³-hybridized carbons (Fsp3) is 0.600. The molecule has 0 spiro atoms. The molecule has 1 aromatic rings. The van der Waals surface area contributed by atoms with Gasteiger partial charge in [-0.15, -0.1) is 11.6 Å². The Bertz CT molecular complexity index is 337. The van der Waals surface area contributed by atoms with Crippen LogP contribution in [0.4, 0.5) is 0 Å². The Kier molecular flexibility index (Phi) is 6.01. The lowest BCUT2D eigenvalue weighted by Gasteiger charge is -2.16. The summed E-state index contributed by atoms with van der Waals surface area (Å²) in [6.45, 7) is 9.73. The molecule has 0 aliphatic heterocycles. The maximum absolute atomic E-state index is 5.70. The number of nitrogens with one attached hydrogen (secondary N) is 1. The first-order chi connectivity index (χ1) is 8.04. The predicted octanol–water partition coefficient (Wildman–Crippen LogP) is 4.11. The second-order valence-electron chi connectivity index (χ2n) is 4.99. The smallest absolute Gasteiger partial charge is 0.0224 e. The molecule has 1 rings (SSSR count). The quantitative estimate of drug-likeness (QED) is 0.753. The predicted molar refractivity (Wildman–Crippen MR) is 76.9 cm³/mol. The highest BCUT2D eigenvalue weighted by Gasteiger charge is 2.06. The number of hydrogen-bond donors (Lipinski definition) is 1. The average Bonchev–Trinajstić information content (AvgIpc) is 2.24. The molecule has 0 aliphatic carbocycles. The van der Waals surface area contributed by atoms with Crippen molar-refractivity contribution in [3.63, 3.8) is 0 Å². The van der Waals surface area contributed by atoms with Crippen LogP contribution in [0.2, 0.25) is 0 Å². The van der Waals surface area contributed by atoms with Crippen LogP contribution in [0, 0.1) is 20.8 Å². The average molecular weight is 254 g/mol. The Labute approximate surface area is 111 Å².